The molecule has 0 saturated heterocycles. The molecule has 8 heteroatoms. The van der Waals surface area contributed by atoms with Crippen molar-refractivity contribution in [2.24, 2.45) is 0 Å². The monoisotopic (exact) mass is 415 g/mol. The second-order valence-corrected chi connectivity index (χ2v) is 7.59. The van der Waals surface area contributed by atoms with Gasteiger partial charge in [-0.1, -0.05) is 30.3 Å². The molecule has 0 aliphatic carbocycles. The predicted octanol–water partition coefficient (Wildman–Crippen LogP) is 3.48. The number of methoxy groups -OCH3 is 1. The van der Waals surface area contributed by atoms with Crippen molar-refractivity contribution in [3.05, 3.63) is 54.2 Å². The molecule has 0 bridgehead atoms. The van der Waals surface area contributed by atoms with Crippen LogP contribution in [0.5, 0.6) is 5.75 Å². The number of hydrogen-bond donors (Lipinski definition) is 1. The van der Waals surface area contributed by atoms with E-state index in [9.17, 15) is 9.59 Å². The van der Waals surface area contributed by atoms with Gasteiger partial charge < -0.3 is 19.5 Å². The van der Waals surface area contributed by atoms with Gasteiger partial charge in [0, 0.05) is 25.9 Å². The quantitative estimate of drug-likeness (QED) is 0.674. The van der Waals surface area contributed by atoms with Crippen LogP contribution in [0.4, 0.5) is 10.6 Å². The summed E-state index contributed by atoms with van der Waals surface area (Å²) in [5.74, 6) is 0.513. The Hall–Kier alpha value is -3.13. The van der Waals surface area contributed by atoms with Gasteiger partial charge >= 0.3 is 6.09 Å². The van der Waals surface area contributed by atoms with E-state index in [2.05, 4.69) is 10.3 Å². The third-order valence-electron chi connectivity index (χ3n) is 3.80. The molecule has 0 atom stereocenters. The van der Waals surface area contributed by atoms with Crippen molar-refractivity contribution in [1.29, 1.82) is 0 Å². The van der Waals surface area contributed by atoms with Crippen LogP contribution in [0.3, 0.4) is 0 Å². The molecule has 1 N–H and O–H groups in total. The Morgan fingerprint density at radius 3 is 2.53 bits per heavy atom. The number of anilines is 1. The summed E-state index contributed by atoms with van der Waals surface area (Å²) in [5, 5.41) is 2.68. The molecule has 162 valence electrons. The van der Waals surface area contributed by atoms with Crippen molar-refractivity contribution in [3.8, 4) is 5.75 Å². The molecule has 2 aromatic rings. The van der Waals surface area contributed by atoms with Crippen molar-refractivity contribution < 1.29 is 23.8 Å². The van der Waals surface area contributed by atoms with Gasteiger partial charge in [-0.25, -0.2) is 9.78 Å². The second kappa shape index (κ2) is 11.2. The van der Waals surface area contributed by atoms with Crippen molar-refractivity contribution in [2.75, 3.05) is 32.1 Å². The van der Waals surface area contributed by atoms with E-state index in [4.69, 9.17) is 14.2 Å². The SMILES string of the molecule is COCCN(CC(=O)Nc1cc(OCc2ccccc2)ccn1)C(=O)OC(C)(C)C. The Bertz CT molecular complexity index is 821. The Labute approximate surface area is 177 Å². The molecule has 2 rings (SSSR count). The second-order valence-electron chi connectivity index (χ2n) is 7.59. The third-order valence-corrected chi connectivity index (χ3v) is 3.80. The molecule has 0 spiro atoms. The molecule has 30 heavy (non-hydrogen) atoms. The number of nitrogens with zero attached hydrogens (tertiary/aromatic N) is 2. The first-order chi connectivity index (χ1) is 14.3. The third kappa shape index (κ3) is 8.48. The first kappa shape index (κ1) is 23.2. The summed E-state index contributed by atoms with van der Waals surface area (Å²) in [6, 6.07) is 13.1. The van der Waals surface area contributed by atoms with Gasteiger partial charge in [0.25, 0.3) is 0 Å². The molecule has 1 aromatic heterocycles. The molecule has 0 unspecified atom stereocenters. The van der Waals surface area contributed by atoms with Crippen LogP contribution in [0.1, 0.15) is 26.3 Å². The average molecular weight is 415 g/mol. The largest absolute Gasteiger partial charge is 0.489 e. The molecule has 1 heterocycles. The van der Waals surface area contributed by atoms with Crippen LogP contribution in [0.15, 0.2) is 48.7 Å². The van der Waals surface area contributed by atoms with Crippen LogP contribution < -0.4 is 10.1 Å². The zero-order valence-corrected chi connectivity index (χ0v) is 17.9. The standard InChI is InChI=1S/C22H29N3O5/c1-22(2,3)30-21(27)25(12-13-28-4)15-20(26)24-19-14-18(10-11-23-19)29-16-17-8-6-5-7-9-17/h5-11,14H,12-13,15-16H2,1-4H3,(H,23,24,26). The molecule has 0 radical (unpaired) electrons. The summed E-state index contributed by atoms with van der Waals surface area (Å²) in [6.07, 6.45) is 0.967. The Morgan fingerprint density at radius 1 is 1.13 bits per heavy atom. The van der Waals surface area contributed by atoms with Gasteiger partial charge in [0.15, 0.2) is 0 Å². The number of ether oxygens (including phenoxy) is 3. The van der Waals surface area contributed by atoms with Crippen LogP contribution >= 0.6 is 0 Å². The number of carbonyl (C=O) groups is 2. The summed E-state index contributed by atoms with van der Waals surface area (Å²) in [5.41, 5.74) is 0.372. The zero-order chi connectivity index (χ0) is 22.0. The van der Waals surface area contributed by atoms with Crippen LogP contribution in [0.2, 0.25) is 0 Å². The maximum Gasteiger partial charge on any atom is 0.410 e. The summed E-state index contributed by atoms with van der Waals surface area (Å²) >= 11 is 0. The lowest BCUT2D eigenvalue weighted by Gasteiger charge is -2.26. The fourth-order valence-electron chi connectivity index (χ4n) is 2.43. The van der Waals surface area contributed by atoms with E-state index in [-0.39, 0.29) is 19.7 Å². The van der Waals surface area contributed by atoms with Crippen LogP contribution in [-0.4, -0.2) is 54.3 Å². The van der Waals surface area contributed by atoms with Crippen LogP contribution in [-0.2, 0) is 20.9 Å². The first-order valence-electron chi connectivity index (χ1n) is 9.66. The highest BCUT2D eigenvalue weighted by molar-refractivity contribution is 5.93. The van der Waals surface area contributed by atoms with Gasteiger partial charge in [0.05, 0.1) is 6.61 Å². The van der Waals surface area contributed by atoms with Gasteiger partial charge in [-0.05, 0) is 32.4 Å². The van der Waals surface area contributed by atoms with Gasteiger partial charge in [-0.15, -0.1) is 0 Å². The van der Waals surface area contributed by atoms with E-state index >= 15 is 0 Å². The van der Waals surface area contributed by atoms with E-state index in [1.165, 1.54) is 12.0 Å². The van der Waals surface area contributed by atoms with Gasteiger partial charge in [0.1, 0.15) is 30.3 Å². The van der Waals surface area contributed by atoms with E-state index in [1.54, 1.807) is 39.1 Å². The minimum Gasteiger partial charge on any atom is -0.489 e. The van der Waals surface area contributed by atoms with Gasteiger partial charge in [-0.2, -0.15) is 0 Å². The highest BCUT2D eigenvalue weighted by atomic mass is 16.6. The van der Waals surface area contributed by atoms with E-state index in [1.807, 2.05) is 30.3 Å². The Balaban J connectivity index is 1.95. The average Bonchev–Trinajstić information content (AvgIpc) is 2.69. The van der Waals surface area contributed by atoms with E-state index in [0.717, 1.165) is 5.56 Å². The van der Waals surface area contributed by atoms with Crippen molar-refractivity contribution in [3.63, 3.8) is 0 Å². The number of carbonyl (C=O) groups excluding carboxylic acids is 2. The minimum absolute atomic E-state index is 0.185. The number of benzene rings is 1. The van der Waals surface area contributed by atoms with Crippen LogP contribution in [0.25, 0.3) is 0 Å². The van der Waals surface area contributed by atoms with Gasteiger partial charge in [0.2, 0.25) is 5.91 Å². The molecule has 2 amide bonds. The summed E-state index contributed by atoms with van der Waals surface area (Å²) < 4.78 is 16.1. The van der Waals surface area contributed by atoms with Gasteiger partial charge in [-0.3, -0.25) is 9.69 Å². The maximum atomic E-state index is 12.5. The normalized spacial score (nSPS) is 10.9. The molecule has 0 saturated carbocycles. The molecule has 0 aliphatic heterocycles. The molecule has 0 aliphatic rings. The Kier molecular flexibility index (Phi) is 8.61. The molecule has 0 fully saturated rings. The molecule has 8 nitrogen and oxygen atoms in total. The maximum absolute atomic E-state index is 12.5. The zero-order valence-electron chi connectivity index (χ0n) is 17.9. The first-order valence-corrected chi connectivity index (χ1v) is 9.66. The fourth-order valence-corrected chi connectivity index (χ4v) is 2.43. The highest BCUT2D eigenvalue weighted by Crippen LogP contribution is 2.16. The minimum atomic E-state index is -0.662. The fraction of sp³-hybridized carbons (Fsp3) is 0.409. The number of hydrogen-bond acceptors (Lipinski definition) is 6. The highest BCUT2D eigenvalue weighted by Gasteiger charge is 2.24. The summed E-state index contributed by atoms with van der Waals surface area (Å²) in [4.78, 5) is 30.3. The lowest BCUT2D eigenvalue weighted by Crippen LogP contribution is -2.42. The molecular formula is C22H29N3O5. The van der Waals surface area contributed by atoms with Crippen LogP contribution in [0, 0.1) is 0 Å². The number of amides is 2. The predicted molar refractivity (Wildman–Crippen MR) is 113 cm³/mol. The van der Waals surface area contributed by atoms with Crippen molar-refractivity contribution >= 4 is 17.8 Å². The van der Waals surface area contributed by atoms with Crippen molar-refractivity contribution in [2.45, 2.75) is 33.0 Å². The lowest BCUT2D eigenvalue weighted by atomic mass is 10.2. The lowest BCUT2D eigenvalue weighted by molar-refractivity contribution is -0.117. The summed E-state index contributed by atoms with van der Waals surface area (Å²) in [7, 11) is 1.53. The van der Waals surface area contributed by atoms with Crippen molar-refractivity contribution in [1.82, 2.24) is 9.88 Å². The number of nitrogens with one attached hydrogen (secondary N) is 1. The summed E-state index contributed by atoms with van der Waals surface area (Å²) in [6.45, 7) is 6.04. The Morgan fingerprint density at radius 2 is 1.87 bits per heavy atom. The topological polar surface area (TPSA) is 90.0 Å². The van der Waals surface area contributed by atoms with E-state index in [0.29, 0.717) is 18.2 Å². The van der Waals surface area contributed by atoms with E-state index < -0.39 is 17.6 Å². The molecule has 1 aromatic carbocycles. The number of pyridine rings is 1. The smallest absolute Gasteiger partial charge is 0.410 e. The molecular weight excluding hydrogens is 386 g/mol. The number of aromatic nitrogens is 1. The number of rotatable bonds is 9.